The highest BCUT2D eigenvalue weighted by Crippen LogP contribution is 2.20. The van der Waals surface area contributed by atoms with Gasteiger partial charge in [-0.2, -0.15) is 5.26 Å². The standard InChI is InChI=1S/C10H8FNO4S/c1-6(5-12)17(15,16)9-3-2-7(10(13)14)4-8(9)11/h2-4,6H,1H3,(H,13,14). The molecule has 0 aromatic heterocycles. The number of rotatable bonds is 3. The van der Waals surface area contributed by atoms with Crippen LogP contribution in [0.5, 0.6) is 0 Å². The number of hydrogen-bond donors (Lipinski definition) is 1. The Labute approximate surface area is 97.0 Å². The van der Waals surface area contributed by atoms with Crippen molar-refractivity contribution in [3.63, 3.8) is 0 Å². The third-order valence-corrected chi connectivity index (χ3v) is 4.11. The molecule has 1 atom stereocenters. The maximum Gasteiger partial charge on any atom is 0.335 e. The quantitative estimate of drug-likeness (QED) is 0.878. The predicted octanol–water partition coefficient (Wildman–Crippen LogP) is 1.21. The average Bonchev–Trinajstić information content (AvgIpc) is 2.27. The van der Waals surface area contributed by atoms with Crippen LogP contribution in [0.3, 0.4) is 0 Å². The fraction of sp³-hybridized carbons (Fsp3) is 0.200. The molecule has 5 nitrogen and oxygen atoms in total. The summed E-state index contributed by atoms with van der Waals surface area (Å²) >= 11 is 0. The van der Waals surface area contributed by atoms with Crippen LogP contribution >= 0.6 is 0 Å². The fourth-order valence-electron chi connectivity index (χ4n) is 1.12. The van der Waals surface area contributed by atoms with Gasteiger partial charge in [-0.3, -0.25) is 0 Å². The van der Waals surface area contributed by atoms with Crippen LogP contribution in [0.2, 0.25) is 0 Å². The van der Waals surface area contributed by atoms with Gasteiger partial charge in [-0.1, -0.05) is 0 Å². The van der Waals surface area contributed by atoms with Gasteiger partial charge in [0.2, 0.25) is 0 Å². The van der Waals surface area contributed by atoms with Gasteiger partial charge in [-0.15, -0.1) is 0 Å². The minimum Gasteiger partial charge on any atom is -0.478 e. The molecule has 0 radical (unpaired) electrons. The molecule has 0 saturated carbocycles. The van der Waals surface area contributed by atoms with E-state index in [2.05, 4.69) is 0 Å². The molecule has 1 aromatic carbocycles. The number of nitrogens with zero attached hydrogens (tertiary/aromatic N) is 1. The van der Waals surface area contributed by atoms with Crippen LogP contribution in [-0.2, 0) is 9.84 Å². The molecule has 0 heterocycles. The normalized spacial score (nSPS) is 12.8. The zero-order chi connectivity index (χ0) is 13.2. The molecule has 0 bridgehead atoms. The van der Waals surface area contributed by atoms with Gasteiger partial charge in [-0.25, -0.2) is 17.6 Å². The molecular weight excluding hydrogens is 249 g/mol. The molecule has 1 N–H and O–H groups in total. The lowest BCUT2D eigenvalue weighted by Crippen LogP contribution is -2.17. The van der Waals surface area contributed by atoms with Crippen LogP contribution in [0.4, 0.5) is 4.39 Å². The number of halogens is 1. The molecule has 0 saturated heterocycles. The van der Waals surface area contributed by atoms with Gasteiger partial charge in [0.05, 0.1) is 11.6 Å². The lowest BCUT2D eigenvalue weighted by atomic mass is 10.2. The monoisotopic (exact) mass is 257 g/mol. The SMILES string of the molecule is CC(C#N)S(=O)(=O)c1ccc(C(=O)O)cc1F. The van der Waals surface area contributed by atoms with E-state index < -0.39 is 31.8 Å². The number of nitriles is 1. The summed E-state index contributed by atoms with van der Waals surface area (Å²) in [5, 5.41) is 15.7. The van der Waals surface area contributed by atoms with Crippen molar-refractivity contribution in [2.24, 2.45) is 0 Å². The highest BCUT2D eigenvalue weighted by Gasteiger charge is 2.26. The summed E-state index contributed by atoms with van der Waals surface area (Å²) < 4.78 is 36.8. The van der Waals surface area contributed by atoms with Gasteiger partial charge in [0, 0.05) is 0 Å². The summed E-state index contributed by atoms with van der Waals surface area (Å²) in [5.74, 6) is -2.53. The van der Waals surface area contributed by atoms with E-state index in [1.165, 1.54) is 6.07 Å². The third kappa shape index (κ3) is 2.42. The molecule has 0 aliphatic rings. The van der Waals surface area contributed by atoms with Gasteiger partial charge in [0.15, 0.2) is 9.84 Å². The Morgan fingerprint density at radius 2 is 2.12 bits per heavy atom. The number of aromatic carboxylic acids is 1. The van der Waals surface area contributed by atoms with Crippen molar-refractivity contribution in [1.29, 1.82) is 5.26 Å². The number of benzene rings is 1. The van der Waals surface area contributed by atoms with Crippen molar-refractivity contribution in [1.82, 2.24) is 0 Å². The predicted molar refractivity (Wildman–Crippen MR) is 55.6 cm³/mol. The Balaban J connectivity index is 3.37. The van der Waals surface area contributed by atoms with E-state index in [9.17, 15) is 17.6 Å². The number of carbonyl (C=O) groups is 1. The van der Waals surface area contributed by atoms with E-state index in [-0.39, 0.29) is 5.56 Å². The molecule has 7 heteroatoms. The second-order valence-electron chi connectivity index (χ2n) is 3.27. The van der Waals surface area contributed by atoms with Crippen LogP contribution in [0.1, 0.15) is 17.3 Å². The Morgan fingerprint density at radius 1 is 1.53 bits per heavy atom. The van der Waals surface area contributed by atoms with Crippen molar-refractivity contribution in [3.8, 4) is 6.07 Å². The maximum absolute atomic E-state index is 13.5. The van der Waals surface area contributed by atoms with Crippen LogP contribution in [0.25, 0.3) is 0 Å². The topological polar surface area (TPSA) is 95.2 Å². The zero-order valence-electron chi connectivity index (χ0n) is 8.71. The van der Waals surface area contributed by atoms with Gasteiger partial charge in [0.25, 0.3) is 0 Å². The zero-order valence-corrected chi connectivity index (χ0v) is 9.53. The molecule has 90 valence electrons. The highest BCUT2D eigenvalue weighted by atomic mass is 32.2. The second kappa shape index (κ2) is 4.51. The summed E-state index contributed by atoms with van der Waals surface area (Å²) in [4.78, 5) is 9.87. The van der Waals surface area contributed by atoms with Crippen molar-refractivity contribution >= 4 is 15.8 Å². The first-order chi connectivity index (χ1) is 7.80. The lowest BCUT2D eigenvalue weighted by molar-refractivity contribution is 0.0696. The first kappa shape index (κ1) is 13.1. The smallest absolute Gasteiger partial charge is 0.335 e. The van der Waals surface area contributed by atoms with Crippen molar-refractivity contribution < 1.29 is 22.7 Å². The molecule has 17 heavy (non-hydrogen) atoms. The lowest BCUT2D eigenvalue weighted by Gasteiger charge is -2.07. The second-order valence-corrected chi connectivity index (χ2v) is 5.50. The Morgan fingerprint density at radius 3 is 2.53 bits per heavy atom. The van der Waals surface area contributed by atoms with Crippen molar-refractivity contribution in [2.45, 2.75) is 17.1 Å². The van der Waals surface area contributed by atoms with E-state index in [1.807, 2.05) is 0 Å². The summed E-state index contributed by atoms with van der Waals surface area (Å²) in [7, 11) is -4.09. The highest BCUT2D eigenvalue weighted by molar-refractivity contribution is 7.92. The van der Waals surface area contributed by atoms with Gasteiger partial charge < -0.3 is 5.11 Å². The van der Waals surface area contributed by atoms with Gasteiger partial charge in [-0.05, 0) is 25.1 Å². The summed E-state index contributed by atoms with van der Waals surface area (Å²) in [5.41, 5.74) is -0.355. The number of carboxylic acid groups (broad SMARTS) is 1. The first-order valence-corrected chi connectivity index (χ1v) is 6.01. The molecule has 0 aliphatic carbocycles. The minimum absolute atomic E-state index is 0.355. The number of hydrogen-bond acceptors (Lipinski definition) is 4. The maximum atomic E-state index is 13.5. The van der Waals surface area contributed by atoms with E-state index in [0.717, 1.165) is 19.1 Å². The molecule has 1 aromatic rings. The van der Waals surface area contributed by atoms with Crippen LogP contribution in [0.15, 0.2) is 23.1 Å². The minimum atomic E-state index is -4.09. The number of carboxylic acids is 1. The Kier molecular flexibility index (Phi) is 3.48. The molecule has 0 spiro atoms. The van der Waals surface area contributed by atoms with Crippen LogP contribution in [-0.4, -0.2) is 24.7 Å². The molecule has 1 rings (SSSR count). The van der Waals surface area contributed by atoms with E-state index in [0.29, 0.717) is 6.07 Å². The Hall–Kier alpha value is -1.94. The first-order valence-electron chi connectivity index (χ1n) is 4.47. The third-order valence-electron chi connectivity index (χ3n) is 2.13. The molecule has 0 aliphatic heterocycles. The van der Waals surface area contributed by atoms with Crippen LogP contribution in [0, 0.1) is 17.1 Å². The summed E-state index contributed by atoms with van der Waals surface area (Å²) in [6, 6.07) is 3.93. The van der Waals surface area contributed by atoms with E-state index in [1.54, 1.807) is 0 Å². The molecule has 0 fully saturated rings. The summed E-state index contributed by atoms with van der Waals surface area (Å²) in [6.07, 6.45) is 0. The van der Waals surface area contributed by atoms with E-state index in [4.69, 9.17) is 10.4 Å². The Bertz CT molecular complexity index is 603. The van der Waals surface area contributed by atoms with Crippen molar-refractivity contribution in [3.05, 3.63) is 29.6 Å². The average molecular weight is 257 g/mol. The van der Waals surface area contributed by atoms with Crippen LogP contribution < -0.4 is 0 Å². The molecular formula is C10H8FNO4S. The summed E-state index contributed by atoms with van der Waals surface area (Å²) in [6.45, 7) is 1.12. The van der Waals surface area contributed by atoms with Crippen molar-refractivity contribution in [2.75, 3.05) is 0 Å². The number of sulfone groups is 1. The van der Waals surface area contributed by atoms with Gasteiger partial charge >= 0.3 is 5.97 Å². The van der Waals surface area contributed by atoms with Gasteiger partial charge in [0.1, 0.15) is 16.0 Å². The molecule has 0 amide bonds. The largest absolute Gasteiger partial charge is 0.478 e. The van der Waals surface area contributed by atoms with E-state index >= 15 is 0 Å². The molecule has 1 unspecified atom stereocenters. The fourth-order valence-corrected chi connectivity index (χ4v) is 2.23.